The Hall–Kier alpha value is -2.38. The van der Waals surface area contributed by atoms with Gasteiger partial charge in [-0.2, -0.15) is 0 Å². The van der Waals surface area contributed by atoms with Crippen LogP contribution in [0, 0.1) is 6.92 Å². The van der Waals surface area contributed by atoms with Gasteiger partial charge in [0.05, 0.1) is 13.1 Å². The van der Waals surface area contributed by atoms with Crippen molar-refractivity contribution in [2.45, 2.75) is 26.4 Å². The van der Waals surface area contributed by atoms with Gasteiger partial charge < -0.3 is 15.2 Å². The quantitative estimate of drug-likeness (QED) is 0.470. The normalized spacial score (nSPS) is 11.6. The maximum atomic E-state index is 5.95. The van der Waals surface area contributed by atoms with Gasteiger partial charge in [-0.25, -0.2) is 4.99 Å². The zero-order valence-electron chi connectivity index (χ0n) is 15.4. The van der Waals surface area contributed by atoms with Crippen LogP contribution in [0.25, 0.3) is 0 Å². The second-order valence-electron chi connectivity index (χ2n) is 6.12. The van der Waals surface area contributed by atoms with Crippen molar-refractivity contribution in [2.24, 2.45) is 12.0 Å². The SMILES string of the molecule is Cc1nnc(CNC(=NCc2ccc(Cl)cc2)NCCc2cccs2)n1C. The van der Waals surface area contributed by atoms with E-state index >= 15 is 0 Å². The van der Waals surface area contributed by atoms with E-state index in [0.29, 0.717) is 13.1 Å². The first-order chi connectivity index (χ1) is 13.1. The summed E-state index contributed by atoms with van der Waals surface area (Å²) in [4.78, 5) is 6.04. The Bertz CT molecular complexity index is 870. The first kappa shape index (κ1) is 19.4. The fourth-order valence-electron chi connectivity index (χ4n) is 2.46. The Labute approximate surface area is 168 Å². The van der Waals surface area contributed by atoms with Crippen molar-refractivity contribution in [1.82, 2.24) is 25.4 Å². The summed E-state index contributed by atoms with van der Waals surface area (Å²) < 4.78 is 1.97. The molecule has 0 atom stereocenters. The highest BCUT2D eigenvalue weighted by atomic mass is 35.5. The van der Waals surface area contributed by atoms with Gasteiger partial charge in [0.25, 0.3) is 0 Å². The van der Waals surface area contributed by atoms with Crippen molar-refractivity contribution in [3.8, 4) is 0 Å². The van der Waals surface area contributed by atoms with Gasteiger partial charge >= 0.3 is 0 Å². The van der Waals surface area contributed by atoms with Gasteiger partial charge in [-0.15, -0.1) is 21.5 Å². The molecule has 8 heteroatoms. The van der Waals surface area contributed by atoms with Gasteiger partial charge in [0, 0.05) is 23.5 Å². The minimum absolute atomic E-state index is 0.558. The topological polar surface area (TPSA) is 67.1 Å². The maximum Gasteiger partial charge on any atom is 0.191 e. The molecular formula is C19H23ClN6S. The molecule has 142 valence electrons. The Morgan fingerprint density at radius 1 is 1.19 bits per heavy atom. The number of hydrogen-bond acceptors (Lipinski definition) is 4. The van der Waals surface area contributed by atoms with E-state index in [9.17, 15) is 0 Å². The molecule has 0 radical (unpaired) electrons. The minimum atomic E-state index is 0.558. The number of aryl methyl sites for hydroxylation is 1. The molecule has 0 aliphatic heterocycles. The van der Waals surface area contributed by atoms with Crippen LogP contribution in [0.3, 0.4) is 0 Å². The van der Waals surface area contributed by atoms with Crippen LogP contribution in [-0.2, 0) is 26.6 Å². The molecule has 0 amide bonds. The van der Waals surface area contributed by atoms with Gasteiger partial charge in [-0.3, -0.25) is 0 Å². The summed E-state index contributed by atoms with van der Waals surface area (Å²) in [5, 5.41) is 17.9. The lowest BCUT2D eigenvalue weighted by atomic mass is 10.2. The van der Waals surface area contributed by atoms with Crippen LogP contribution in [-0.4, -0.2) is 27.3 Å². The predicted molar refractivity (Wildman–Crippen MR) is 111 cm³/mol. The number of thiophene rings is 1. The van der Waals surface area contributed by atoms with Gasteiger partial charge in [-0.1, -0.05) is 29.8 Å². The molecule has 0 bridgehead atoms. The first-order valence-corrected chi connectivity index (χ1v) is 10.0. The number of aromatic nitrogens is 3. The Kier molecular flexibility index (Phi) is 6.84. The van der Waals surface area contributed by atoms with Crippen molar-refractivity contribution in [3.63, 3.8) is 0 Å². The average Bonchev–Trinajstić information content (AvgIpc) is 3.29. The number of nitrogens with one attached hydrogen (secondary N) is 2. The number of aliphatic imine (C=N–C) groups is 1. The van der Waals surface area contributed by atoms with Crippen molar-refractivity contribution in [2.75, 3.05) is 6.54 Å². The lowest BCUT2D eigenvalue weighted by Gasteiger charge is -2.12. The van der Waals surface area contributed by atoms with E-state index in [1.165, 1.54) is 4.88 Å². The summed E-state index contributed by atoms with van der Waals surface area (Å²) in [7, 11) is 1.96. The molecular weight excluding hydrogens is 380 g/mol. The highest BCUT2D eigenvalue weighted by Gasteiger charge is 2.06. The van der Waals surface area contributed by atoms with Crippen LogP contribution < -0.4 is 10.6 Å². The molecule has 0 spiro atoms. The van der Waals surface area contributed by atoms with Gasteiger partial charge in [0.15, 0.2) is 11.8 Å². The zero-order valence-corrected chi connectivity index (χ0v) is 17.0. The minimum Gasteiger partial charge on any atom is -0.356 e. The van der Waals surface area contributed by atoms with Crippen molar-refractivity contribution < 1.29 is 0 Å². The third kappa shape index (κ3) is 5.80. The molecule has 0 saturated heterocycles. The third-order valence-electron chi connectivity index (χ3n) is 4.17. The summed E-state index contributed by atoms with van der Waals surface area (Å²) in [5.74, 6) is 2.51. The van der Waals surface area contributed by atoms with Crippen LogP contribution >= 0.6 is 22.9 Å². The van der Waals surface area contributed by atoms with Gasteiger partial charge in [0.2, 0.25) is 0 Å². The molecule has 0 unspecified atom stereocenters. The van der Waals surface area contributed by atoms with Crippen molar-refractivity contribution in [3.05, 3.63) is 68.9 Å². The Balaban J connectivity index is 1.62. The highest BCUT2D eigenvalue weighted by Crippen LogP contribution is 2.10. The van der Waals surface area contributed by atoms with Crippen LogP contribution in [0.15, 0.2) is 46.8 Å². The lowest BCUT2D eigenvalue weighted by Crippen LogP contribution is -2.38. The molecule has 0 saturated carbocycles. The van der Waals surface area contributed by atoms with Gasteiger partial charge in [-0.05, 0) is 42.5 Å². The van der Waals surface area contributed by atoms with E-state index in [1.807, 2.05) is 42.8 Å². The van der Waals surface area contributed by atoms with Crippen molar-refractivity contribution >= 4 is 28.9 Å². The van der Waals surface area contributed by atoms with Gasteiger partial charge in [0.1, 0.15) is 5.82 Å². The number of benzene rings is 1. The summed E-state index contributed by atoms with van der Waals surface area (Å²) in [5.41, 5.74) is 1.10. The zero-order chi connectivity index (χ0) is 19.1. The van der Waals surface area contributed by atoms with E-state index in [-0.39, 0.29) is 0 Å². The third-order valence-corrected chi connectivity index (χ3v) is 5.36. The van der Waals surface area contributed by atoms with Crippen LogP contribution in [0.4, 0.5) is 0 Å². The molecule has 0 aliphatic carbocycles. The highest BCUT2D eigenvalue weighted by molar-refractivity contribution is 7.09. The summed E-state index contributed by atoms with van der Waals surface area (Å²) in [6.07, 6.45) is 0.961. The second kappa shape index (κ2) is 9.53. The first-order valence-electron chi connectivity index (χ1n) is 8.75. The number of nitrogens with zero attached hydrogens (tertiary/aromatic N) is 4. The van der Waals surface area contributed by atoms with Crippen LogP contribution in [0.5, 0.6) is 0 Å². The molecule has 0 fully saturated rings. The molecule has 2 aromatic heterocycles. The fraction of sp³-hybridized carbons (Fsp3) is 0.316. The second-order valence-corrected chi connectivity index (χ2v) is 7.59. The molecule has 6 nitrogen and oxygen atoms in total. The maximum absolute atomic E-state index is 5.95. The molecule has 27 heavy (non-hydrogen) atoms. The summed E-state index contributed by atoms with van der Waals surface area (Å²) >= 11 is 7.72. The molecule has 0 aliphatic rings. The molecule has 2 N–H and O–H groups in total. The standard InChI is InChI=1S/C19H23ClN6S/c1-14-24-25-18(26(14)2)13-23-19(21-10-9-17-4-3-11-27-17)22-12-15-5-7-16(20)8-6-15/h3-8,11H,9-10,12-13H2,1-2H3,(H2,21,22,23). The number of rotatable bonds is 7. The number of halogens is 1. The van der Waals surface area contributed by atoms with Crippen molar-refractivity contribution in [1.29, 1.82) is 0 Å². The molecule has 1 aromatic carbocycles. The largest absolute Gasteiger partial charge is 0.356 e. The molecule has 3 aromatic rings. The van der Waals surface area contributed by atoms with Crippen LogP contribution in [0.1, 0.15) is 22.1 Å². The Morgan fingerprint density at radius 2 is 2.00 bits per heavy atom. The van der Waals surface area contributed by atoms with E-state index in [0.717, 1.165) is 41.2 Å². The number of hydrogen-bond donors (Lipinski definition) is 2. The average molecular weight is 403 g/mol. The monoisotopic (exact) mass is 402 g/mol. The molecule has 2 heterocycles. The summed E-state index contributed by atoms with van der Waals surface area (Å²) in [6.45, 7) is 3.88. The Morgan fingerprint density at radius 3 is 2.67 bits per heavy atom. The summed E-state index contributed by atoms with van der Waals surface area (Å²) in [6, 6.07) is 12.0. The van der Waals surface area contributed by atoms with E-state index in [4.69, 9.17) is 16.6 Å². The fourth-order valence-corrected chi connectivity index (χ4v) is 3.30. The predicted octanol–water partition coefficient (Wildman–Crippen LogP) is 3.32. The van der Waals surface area contributed by atoms with Crippen LogP contribution in [0.2, 0.25) is 5.02 Å². The number of guanidine groups is 1. The molecule has 3 rings (SSSR count). The van der Waals surface area contributed by atoms with E-state index < -0.39 is 0 Å². The lowest BCUT2D eigenvalue weighted by molar-refractivity contribution is 0.713. The van der Waals surface area contributed by atoms with E-state index in [2.05, 4.69) is 38.3 Å². The van der Waals surface area contributed by atoms with E-state index in [1.54, 1.807) is 11.3 Å². The smallest absolute Gasteiger partial charge is 0.191 e.